The normalized spacial score (nSPS) is 28.1. The molecule has 1 aliphatic heterocycles. The summed E-state index contributed by atoms with van der Waals surface area (Å²) in [6.45, 7) is 0.499. The van der Waals surface area contributed by atoms with Crippen LogP contribution in [0.1, 0.15) is 44.1 Å². The number of carbonyl (C=O) groups excluding carboxylic acids is 2. The second kappa shape index (κ2) is 6.07. The molecule has 1 saturated heterocycles. The number of likely N-dealkylation sites (tertiary alicyclic amines) is 1. The van der Waals surface area contributed by atoms with Gasteiger partial charge in [0.25, 0.3) is 0 Å². The van der Waals surface area contributed by atoms with Gasteiger partial charge in [0.05, 0.1) is 5.41 Å². The fourth-order valence-electron chi connectivity index (χ4n) is 4.00. The molecule has 1 saturated carbocycles. The van der Waals surface area contributed by atoms with Gasteiger partial charge in [0, 0.05) is 38.4 Å². The molecule has 2 fully saturated rings. The van der Waals surface area contributed by atoms with E-state index in [9.17, 15) is 9.59 Å². The lowest BCUT2D eigenvalue weighted by Gasteiger charge is -2.50. The van der Waals surface area contributed by atoms with Crippen LogP contribution >= 0.6 is 0 Å². The first-order chi connectivity index (χ1) is 10.6. The molecule has 22 heavy (non-hydrogen) atoms. The number of amides is 2. The molecular formula is C17H23N3O2. The predicted molar refractivity (Wildman–Crippen MR) is 82.8 cm³/mol. The standard InChI is InChI=1S/C17H23N3O2/c1-20-14-6-2-3-8-17(14,9-7-15(20)21)16(22)19-12-13-5-4-10-18-11-13/h4-5,10-11,14H,2-3,6-9,12H2,1H3,(H,19,22)/t14-,17-/m1/s1. The van der Waals surface area contributed by atoms with Crippen LogP contribution < -0.4 is 5.32 Å². The van der Waals surface area contributed by atoms with Crippen molar-refractivity contribution in [1.82, 2.24) is 15.2 Å². The second-order valence-corrected chi connectivity index (χ2v) is 6.47. The average Bonchev–Trinajstić information content (AvgIpc) is 2.57. The highest BCUT2D eigenvalue weighted by Gasteiger charge is 2.52. The molecule has 1 aromatic rings. The Morgan fingerprint density at radius 1 is 1.45 bits per heavy atom. The van der Waals surface area contributed by atoms with Crippen LogP contribution in [0, 0.1) is 5.41 Å². The van der Waals surface area contributed by atoms with E-state index in [1.807, 2.05) is 24.1 Å². The molecule has 1 aliphatic carbocycles. The zero-order valence-corrected chi connectivity index (χ0v) is 13.0. The number of rotatable bonds is 3. The van der Waals surface area contributed by atoms with E-state index in [2.05, 4.69) is 10.3 Å². The third-order valence-corrected chi connectivity index (χ3v) is 5.26. The molecule has 1 N–H and O–H groups in total. The van der Waals surface area contributed by atoms with Crippen molar-refractivity contribution in [3.8, 4) is 0 Å². The van der Waals surface area contributed by atoms with Gasteiger partial charge >= 0.3 is 0 Å². The third-order valence-electron chi connectivity index (χ3n) is 5.26. The van der Waals surface area contributed by atoms with Crippen LogP contribution in [-0.4, -0.2) is 34.8 Å². The van der Waals surface area contributed by atoms with Crippen molar-refractivity contribution in [1.29, 1.82) is 0 Å². The van der Waals surface area contributed by atoms with Gasteiger partial charge in [0.1, 0.15) is 0 Å². The summed E-state index contributed by atoms with van der Waals surface area (Å²) in [6, 6.07) is 3.88. The van der Waals surface area contributed by atoms with Crippen LogP contribution in [0.4, 0.5) is 0 Å². The predicted octanol–water partition coefficient (Wildman–Crippen LogP) is 1.88. The van der Waals surface area contributed by atoms with Gasteiger partial charge in [-0.3, -0.25) is 14.6 Å². The quantitative estimate of drug-likeness (QED) is 0.927. The number of fused-ring (bicyclic) bond motifs is 1. The van der Waals surface area contributed by atoms with E-state index in [4.69, 9.17) is 0 Å². The Morgan fingerprint density at radius 2 is 2.32 bits per heavy atom. The van der Waals surface area contributed by atoms with Crippen LogP contribution in [0.25, 0.3) is 0 Å². The van der Waals surface area contributed by atoms with Crippen LogP contribution in [0.5, 0.6) is 0 Å². The number of aromatic nitrogens is 1. The van der Waals surface area contributed by atoms with Crippen LogP contribution in [0.3, 0.4) is 0 Å². The van der Waals surface area contributed by atoms with E-state index in [0.717, 1.165) is 31.2 Å². The van der Waals surface area contributed by atoms with Gasteiger partial charge in [0.15, 0.2) is 0 Å². The van der Waals surface area contributed by atoms with E-state index in [-0.39, 0.29) is 17.9 Å². The van der Waals surface area contributed by atoms with Crippen LogP contribution in [0.15, 0.2) is 24.5 Å². The van der Waals surface area contributed by atoms with Crippen molar-refractivity contribution < 1.29 is 9.59 Å². The summed E-state index contributed by atoms with van der Waals surface area (Å²) in [5.41, 5.74) is 0.600. The minimum atomic E-state index is -0.400. The molecule has 0 radical (unpaired) electrons. The molecule has 3 rings (SSSR count). The van der Waals surface area contributed by atoms with E-state index in [1.54, 1.807) is 12.4 Å². The summed E-state index contributed by atoms with van der Waals surface area (Å²) in [4.78, 5) is 30.8. The minimum Gasteiger partial charge on any atom is -0.351 e. The van der Waals surface area contributed by atoms with E-state index in [0.29, 0.717) is 19.4 Å². The lowest BCUT2D eigenvalue weighted by Crippen LogP contribution is -2.60. The maximum atomic E-state index is 12.9. The van der Waals surface area contributed by atoms with Gasteiger partial charge in [-0.2, -0.15) is 0 Å². The van der Waals surface area contributed by atoms with Crippen LogP contribution in [0.2, 0.25) is 0 Å². The van der Waals surface area contributed by atoms with E-state index in [1.165, 1.54) is 0 Å². The summed E-state index contributed by atoms with van der Waals surface area (Å²) >= 11 is 0. The highest BCUT2D eigenvalue weighted by Crippen LogP contribution is 2.46. The van der Waals surface area contributed by atoms with Gasteiger partial charge in [0.2, 0.25) is 11.8 Å². The smallest absolute Gasteiger partial charge is 0.228 e. The summed E-state index contributed by atoms with van der Waals surface area (Å²) in [6.07, 6.45) is 8.64. The zero-order chi connectivity index (χ0) is 15.6. The number of hydrogen-bond donors (Lipinski definition) is 1. The third kappa shape index (κ3) is 2.60. The van der Waals surface area contributed by atoms with Crippen molar-refractivity contribution in [2.75, 3.05) is 7.05 Å². The van der Waals surface area contributed by atoms with Gasteiger partial charge in [-0.15, -0.1) is 0 Å². The Kier molecular flexibility index (Phi) is 4.14. The molecule has 2 heterocycles. The van der Waals surface area contributed by atoms with Gasteiger partial charge in [-0.25, -0.2) is 0 Å². The number of carbonyl (C=O) groups is 2. The first kappa shape index (κ1) is 15.0. The molecule has 1 aromatic heterocycles. The number of piperidine rings is 1. The van der Waals surface area contributed by atoms with Crippen molar-refractivity contribution >= 4 is 11.8 Å². The second-order valence-electron chi connectivity index (χ2n) is 6.47. The van der Waals surface area contributed by atoms with Crippen molar-refractivity contribution in [3.05, 3.63) is 30.1 Å². The lowest BCUT2D eigenvalue weighted by molar-refractivity contribution is -0.153. The molecule has 5 heteroatoms. The molecular weight excluding hydrogens is 278 g/mol. The van der Waals surface area contributed by atoms with Gasteiger partial charge in [-0.05, 0) is 30.9 Å². The summed E-state index contributed by atoms with van der Waals surface area (Å²) in [5, 5.41) is 3.08. The Balaban J connectivity index is 1.74. The number of nitrogens with one attached hydrogen (secondary N) is 1. The largest absolute Gasteiger partial charge is 0.351 e. The molecule has 0 unspecified atom stereocenters. The Morgan fingerprint density at radius 3 is 3.09 bits per heavy atom. The molecule has 5 nitrogen and oxygen atoms in total. The Labute approximate surface area is 131 Å². The first-order valence-electron chi connectivity index (χ1n) is 8.06. The minimum absolute atomic E-state index is 0.0522. The molecule has 118 valence electrons. The molecule has 0 bridgehead atoms. The first-order valence-corrected chi connectivity index (χ1v) is 8.06. The SMILES string of the molecule is CN1C(=O)CC[C@]2(C(=O)NCc3cccnc3)CCCC[C@@H]12. The Hall–Kier alpha value is -1.91. The van der Waals surface area contributed by atoms with E-state index >= 15 is 0 Å². The number of pyridine rings is 1. The molecule has 0 spiro atoms. The molecule has 2 aliphatic rings. The highest BCUT2D eigenvalue weighted by molar-refractivity contribution is 5.87. The fraction of sp³-hybridized carbons (Fsp3) is 0.588. The van der Waals surface area contributed by atoms with Crippen molar-refractivity contribution in [2.45, 2.75) is 51.1 Å². The molecule has 2 amide bonds. The number of hydrogen-bond acceptors (Lipinski definition) is 3. The zero-order valence-electron chi connectivity index (χ0n) is 13.0. The highest BCUT2D eigenvalue weighted by atomic mass is 16.2. The molecule has 0 aromatic carbocycles. The van der Waals surface area contributed by atoms with Gasteiger partial charge < -0.3 is 10.2 Å². The summed E-state index contributed by atoms with van der Waals surface area (Å²) in [7, 11) is 1.85. The van der Waals surface area contributed by atoms with Gasteiger partial charge in [-0.1, -0.05) is 18.9 Å². The maximum absolute atomic E-state index is 12.9. The number of nitrogens with zero attached hydrogens (tertiary/aromatic N) is 2. The lowest BCUT2D eigenvalue weighted by atomic mass is 9.64. The van der Waals surface area contributed by atoms with Crippen LogP contribution in [-0.2, 0) is 16.1 Å². The fourth-order valence-corrected chi connectivity index (χ4v) is 4.00. The van der Waals surface area contributed by atoms with Crippen molar-refractivity contribution in [2.24, 2.45) is 5.41 Å². The van der Waals surface area contributed by atoms with Crippen molar-refractivity contribution in [3.63, 3.8) is 0 Å². The summed E-state index contributed by atoms with van der Waals surface area (Å²) in [5.74, 6) is 0.267. The maximum Gasteiger partial charge on any atom is 0.228 e. The monoisotopic (exact) mass is 301 g/mol. The Bertz CT molecular complexity index is 560. The average molecular weight is 301 g/mol. The summed E-state index contributed by atoms with van der Waals surface area (Å²) < 4.78 is 0. The molecule has 2 atom stereocenters. The topological polar surface area (TPSA) is 62.3 Å². The van der Waals surface area contributed by atoms with E-state index < -0.39 is 5.41 Å².